The van der Waals surface area contributed by atoms with Gasteiger partial charge in [-0.15, -0.1) is 0 Å². The van der Waals surface area contributed by atoms with Crippen LogP contribution in [0.25, 0.3) is 0 Å². The molecule has 0 aromatic heterocycles. The predicted molar refractivity (Wildman–Crippen MR) is 110 cm³/mol. The molecule has 0 saturated heterocycles. The van der Waals surface area contributed by atoms with Crippen LogP contribution in [0.1, 0.15) is 34.6 Å². The summed E-state index contributed by atoms with van der Waals surface area (Å²) in [7, 11) is 0. The molecule has 0 atom stereocenters. The summed E-state index contributed by atoms with van der Waals surface area (Å²) >= 11 is 0. The minimum atomic E-state index is -1.11. The van der Waals surface area contributed by atoms with Gasteiger partial charge in [-0.2, -0.15) is 0 Å². The first-order valence-electron chi connectivity index (χ1n) is 9.35. The van der Waals surface area contributed by atoms with E-state index in [2.05, 4.69) is 4.99 Å². The maximum atomic E-state index is 12.3. The summed E-state index contributed by atoms with van der Waals surface area (Å²) in [5, 5.41) is 7.05. The van der Waals surface area contributed by atoms with E-state index in [1.54, 1.807) is 27.7 Å². The summed E-state index contributed by atoms with van der Waals surface area (Å²) in [5.41, 5.74) is 9.81. The van der Waals surface area contributed by atoms with Gasteiger partial charge < -0.3 is 25.7 Å². The molecule has 0 unspecified atom stereocenters. The second-order valence-electron chi connectivity index (χ2n) is 8.23. The highest BCUT2D eigenvalue weighted by Crippen LogP contribution is 2.17. The number of aliphatic imine (C=N–C) groups is 1. The lowest BCUT2D eigenvalue weighted by Gasteiger charge is -2.30. The normalized spacial score (nSPS) is 15.4. The van der Waals surface area contributed by atoms with Crippen molar-refractivity contribution in [3.05, 3.63) is 11.6 Å². The van der Waals surface area contributed by atoms with Crippen LogP contribution in [0.5, 0.6) is 0 Å². The van der Waals surface area contributed by atoms with Gasteiger partial charge in [0.05, 0.1) is 6.54 Å². The number of nitrogens with two attached hydrogens (primary N) is 2. The Morgan fingerprint density at radius 2 is 1.73 bits per heavy atom. The van der Waals surface area contributed by atoms with Crippen molar-refractivity contribution in [1.29, 1.82) is 5.41 Å². The summed E-state index contributed by atoms with van der Waals surface area (Å²) in [6.07, 6.45) is 1.97. The molecule has 11 heteroatoms. The number of amidine groups is 2. The molecule has 0 radical (unpaired) electrons. The first-order valence-corrected chi connectivity index (χ1v) is 9.35. The second-order valence-corrected chi connectivity index (χ2v) is 8.23. The van der Waals surface area contributed by atoms with Gasteiger partial charge in [0.25, 0.3) is 0 Å². The zero-order valence-corrected chi connectivity index (χ0v) is 18.1. The average molecular weight is 425 g/mol. The molecule has 0 fully saturated rings. The summed E-state index contributed by atoms with van der Waals surface area (Å²) < 4.78 is 15.5. The number of carbonyl (C=O) groups excluding carboxylic acids is 3. The fourth-order valence-electron chi connectivity index (χ4n) is 2.65. The largest absolute Gasteiger partial charge is 0.461 e. The Balaban J connectivity index is 2.55. The highest BCUT2D eigenvalue weighted by Gasteiger charge is 2.30. The Bertz CT molecular complexity index is 757. The fourth-order valence-corrected chi connectivity index (χ4v) is 2.65. The number of nitrogens with zero attached hydrogens (tertiary/aromatic N) is 2. The first-order chi connectivity index (χ1) is 13.7. The first kappa shape index (κ1) is 25.1. The molecular weight excluding hydrogens is 394 g/mol. The van der Waals surface area contributed by atoms with Crippen LogP contribution in [0.4, 0.5) is 0 Å². The zero-order valence-electron chi connectivity index (χ0n) is 18.1. The molecule has 1 aliphatic heterocycles. The smallest absolute Gasteiger partial charge is 0.373 e. The van der Waals surface area contributed by atoms with Crippen molar-refractivity contribution >= 4 is 29.6 Å². The van der Waals surface area contributed by atoms with Crippen molar-refractivity contribution in [2.24, 2.45) is 16.5 Å². The number of hydrogen-bond donors (Lipinski definition) is 3. The van der Waals surface area contributed by atoms with Gasteiger partial charge in [-0.1, -0.05) is 6.08 Å². The van der Waals surface area contributed by atoms with E-state index in [0.29, 0.717) is 19.6 Å². The minimum Gasteiger partial charge on any atom is -0.461 e. The summed E-state index contributed by atoms with van der Waals surface area (Å²) in [6, 6.07) is 0. The van der Waals surface area contributed by atoms with Gasteiger partial charge in [-0.3, -0.25) is 20.1 Å². The highest BCUT2D eigenvalue weighted by molar-refractivity contribution is 6.35. The summed E-state index contributed by atoms with van der Waals surface area (Å²) in [5.74, 6) is -3.19. The fraction of sp³-hybridized carbons (Fsp3) is 0.632. The summed E-state index contributed by atoms with van der Waals surface area (Å²) in [4.78, 5) is 40.6. The van der Waals surface area contributed by atoms with Crippen molar-refractivity contribution in [1.82, 2.24) is 4.90 Å². The molecule has 5 N–H and O–H groups in total. The number of esters is 3. The topological polar surface area (TPSA) is 170 Å². The Morgan fingerprint density at radius 3 is 2.30 bits per heavy atom. The van der Waals surface area contributed by atoms with E-state index in [4.69, 9.17) is 31.1 Å². The van der Waals surface area contributed by atoms with Crippen LogP contribution in [0.15, 0.2) is 16.6 Å². The molecular formula is C19H31N5O6. The third-order valence-corrected chi connectivity index (χ3v) is 3.93. The molecule has 30 heavy (non-hydrogen) atoms. The number of ether oxygens (including phenoxy) is 3. The molecule has 11 nitrogen and oxygen atoms in total. The van der Waals surface area contributed by atoms with Gasteiger partial charge in [0, 0.05) is 26.6 Å². The van der Waals surface area contributed by atoms with Gasteiger partial charge in [0.2, 0.25) is 11.7 Å². The lowest BCUT2D eigenvalue weighted by Crippen LogP contribution is -2.44. The van der Waals surface area contributed by atoms with E-state index in [-0.39, 0.29) is 25.0 Å². The van der Waals surface area contributed by atoms with Crippen LogP contribution in [0, 0.1) is 5.41 Å². The molecule has 0 amide bonds. The Hall–Kier alpha value is -2.95. The van der Waals surface area contributed by atoms with E-state index in [0.717, 1.165) is 5.57 Å². The van der Waals surface area contributed by atoms with Crippen LogP contribution in [0.3, 0.4) is 0 Å². The zero-order chi connectivity index (χ0) is 23.1. The maximum Gasteiger partial charge on any atom is 0.373 e. The lowest BCUT2D eigenvalue weighted by molar-refractivity contribution is -0.149. The standard InChI is InChI=1S/C19H31N5O6/c1-12(25)28-9-13-6-7-24(8-13)11-19(4,5)30-17(27)15(22)23-10-18(2,3)29-16(26)14(20)21/h6H,7-11H2,1-5H3,(H3,20,21)(H2,22,23). The van der Waals surface area contributed by atoms with Crippen LogP contribution < -0.4 is 11.5 Å². The van der Waals surface area contributed by atoms with E-state index >= 15 is 0 Å². The van der Waals surface area contributed by atoms with Crippen LogP contribution in [-0.4, -0.2) is 78.5 Å². The molecule has 0 aromatic carbocycles. The highest BCUT2D eigenvalue weighted by atomic mass is 16.6. The minimum absolute atomic E-state index is 0.108. The Morgan fingerprint density at radius 1 is 1.13 bits per heavy atom. The molecule has 0 aromatic rings. The summed E-state index contributed by atoms with van der Waals surface area (Å²) in [6.45, 7) is 9.79. The second kappa shape index (κ2) is 10.2. The van der Waals surface area contributed by atoms with Gasteiger partial charge in [0.15, 0.2) is 0 Å². The van der Waals surface area contributed by atoms with E-state index in [1.165, 1.54) is 6.92 Å². The van der Waals surface area contributed by atoms with Gasteiger partial charge in [0.1, 0.15) is 17.8 Å². The molecule has 0 bridgehead atoms. The van der Waals surface area contributed by atoms with Crippen molar-refractivity contribution in [2.75, 3.05) is 32.8 Å². The van der Waals surface area contributed by atoms with Crippen molar-refractivity contribution < 1.29 is 28.6 Å². The van der Waals surface area contributed by atoms with Gasteiger partial charge in [-0.25, -0.2) is 9.59 Å². The Labute approximate surface area is 175 Å². The van der Waals surface area contributed by atoms with Crippen molar-refractivity contribution in [3.63, 3.8) is 0 Å². The van der Waals surface area contributed by atoms with Crippen LogP contribution in [0.2, 0.25) is 0 Å². The van der Waals surface area contributed by atoms with Crippen LogP contribution >= 0.6 is 0 Å². The van der Waals surface area contributed by atoms with Crippen molar-refractivity contribution in [3.8, 4) is 0 Å². The van der Waals surface area contributed by atoms with Crippen molar-refractivity contribution in [2.45, 2.75) is 45.8 Å². The number of carbonyl (C=O) groups is 3. The predicted octanol–water partition coefficient (Wildman–Crippen LogP) is -0.272. The number of rotatable bonds is 8. The number of nitrogens with one attached hydrogen (secondary N) is 1. The molecule has 0 spiro atoms. The molecule has 1 heterocycles. The molecule has 0 saturated carbocycles. The van der Waals surface area contributed by atoms with Gasteiger partial charge in [-0.05, 0) is 33.3 Å². The number of hydrogen-bond acceptors (Lipinski definition) is 9. The lowest BCUT2D eigenvalue weighted by atomic mass is 10.1. The van der Waals surface area contributed by atoms with E-state index in [9.17, 15) is 14.4 Å². The third kappa shape index (κ3) is 9.03. The SMILES string of the molecule is CC(=O)OCC1=CCN(CC(C)(C)OC(=O)C(N)=NCC(C)(C)OC(=O)C(=N)N)C1. The van der Waals surface area contributed by atoms with Gasteiger partial charge >= 0.3 is 17.9 Å². The van der Waals surface area contributed by atoms with E-state index < -0.39 is 29.0 Å². The molecule has 168 valence electrons. The van der Waals surface area contributed by atoms with E-state index in [1.807, 2.05) is 11.0 Å². The average Bonchev–Trinajstić information content (AvgIpc) is 3.03. The Kier molecular flexibility index (Phi) is 8.52. The quantitative estimate of drug-likeness (QED) is 0.156. The molecule has 1 rings (SSSR count). The molecule has 0 aliphatic carbocycles. The van der Waals surface area contributed by atoms with Crippen LogP contribution in [-0.2, 0) is 28.6 Å². The monoisotopic (exact) mass is 425 g/mol. The molecule has 1 aliphatic rings. The maximum absolute atomic E-state index is 12.3. The third-order valence-electron chi connectivity index (χ3n) is 3.93.